The minimum absolute atomic E-state index is 0.0693. The quantitative estimate of drug-likeness (QED) is 0.695. The molecule has 0 aromatic heterocycles. The van der Waals surface area contributed by atoms with E-state index >= 15 is 0 Å². The molecule has 1 rings (SSSR count). The van der Waals surface area contributed by atoms with E-state index in [1.807, 2.05) is 0 Å². The minimum Gasteiger partial charge on any atom is -0.512 e. The van der Waals surface area contributed by atoms with Crippen molar-refractivity contribution in [2.75, 3.05) is 7.11 Å². The third-order valence-corrected chi connectivity index (χ3v) is 2.39. The van der Waals surface area contributed by atoms with Crippen LogP contribution in [-0.4, -0.2) is 30.1 Å². The molecule has 2 unspecified atom stereocenters. The van der Waals surface area contributed by atoms with E-state index in [4.69, 9.17) is 4.74 Å². The molecule has 0 fully saturated rings. The summed E-state index contributed by atoms with van der Waals surface area (Å²) in [6.45, 7) is 1.32. The van der Waals surface area contributed by atoms with Gasteiger partial charge in [0.05, 0.1) is 11.7 Å². The van der Waals surface area contributed by atoms with Gasteiger partial charge in [0.2, 0.25) is 0 Å². The summed E-state index contributed by atoms with van der Waals surface area (Å²) in [6, 6.07) is -0.772. The molecule has 0 aromatic rings. The Balaban J connectivity index is 2.97. The van der Waals surface area contributed by atoms with Crippen LogP contribution < -0.4 is 0 Å². The monoisotopic (exact) mass is 199 g/mol. The summed E-state index contributed by atoms with van der Waals surface area (Å²) >= 11 is 0. The van der Waals surface area contributed by atoms with Gasteiger partial charge in [-0.1, -0.05) is 5.18 Å². The van der Waals surface area contributed by atoms with Gasteiger partial charge < -0.3 is 9.84 Å². The van der Waals surface area contributed by atoms with Crippen molar-refractivity contribution in [3.63, 3.8) is 0 Å². The normalized spacial score (nSPS) is 27.6. The number of nitroso groups, excluding NO2 is 1. The van der Waals surface area contributed by atoms with E-state index < -0.39 is 6.04 Å². The lowest BCUT2D eigenvalue weighted by atomic mass is 9.89. The molecule has 78 valence electrons. The van der Waals surface area contributed by atoms with E-state index in [9.17, 15) is 14.8 Å². The van der Waals surface area contributed by atoms with Gasteiger partial charge in [0.25, 0.3) is 0 Å². The third-order valence-electron chi connectivity index (χ3n) is 2.39. The number of aliphatic hydroxyl groups is 1. The smallest absolute Gasteiger partial charge is 0.161 e. The molecule has 1 aliphatic carbocycles. The fourth-order valence-corrected chi connectivity index (χ4v) is 1.68. The van der Waals surface area contributed by atoms with Crippen LogP contribution in [0.1, 0.15) is 19.8 Å². The number of methoxy groups -OCH3 is 1. The van der Waals surface area contributed by atoms with Gasteiger partial charge in [-0.05, 0) is 6.92 Å². The zero-order chi connectivity index (χ0) is 10.7. The van der Waals surface area contributed by atoms with Gasteiger partial charge in [0, 0.05) is 20.0 Å². The molecule has 14 heavy (non-hydrogen) atoms. The lowest BCUT2D eigenvalue weighted by Crippen LogP contribution is -2.29. The number of nitrogens with zero attached hydrogens (tertiary/aromatic N) is 1. The Morgan fingerprint density at radius 2 is 2.29 bits per heavy atom. The largest absolute Gasteiger partial charge is 0.512 e. The second-order valence-electron chi connectivity index (χ2n) is 3.34. The van der Waals surface area contributed by atoms with Crippen LogP contribution in [0, 0.1) is 4.91 Å². The Labute approximate surface area is 81.7 Å². The average Bonchev–Trinajstić information content (AvgIpc) is 2.15. The molecule has 0 heterocycles. The molecule has 0 amide bonds. The van der Waals surface area contributed by atoms with Crippen molar-refractivity contribution >= 4 is 5.78 Å². The van der Waals surface area contributed by atoms with Crippen LogP contribution in [0.3, 0.4) is 0 Å². The van der Waals surface area contributed by atoms with Crippen molar-refractivity contribution < 1.29 is 14.6 Å². The second-order valence-corrected chi connectivity index (χ2v) is 3.34. The lowest BCUT2D eigenvalue weighted by Gasteiger charge is -2.25. The predicted octanol–water partition coefficient (Wildman–Crippen LogP) is 1.33. The van der Waals surface area contributed by atoms with Crippen LogP contribution >= 0.6 is 0 Å². The Bertz CT molecular complexity index is 285. The van der Waals surface area contributed by atoms with Crippen LogP contribution in [0.4, 0.5) is 0 Å². The van der Waals surface area contributed by atoms with Crippen LogP contribution in [0.5, 0.6) is 0 Å². The maximum absolute atomic E-state index is 11.1. The number of aliphatic hydroxyl groups excluding tert-OH is 1. The highest BCUT2D eigenvalue weighted by molar-refractivity contribution is 5.95. The molecule has 0 bridgehead atoms. The number of carbonyl (C=O) groups excluding carboxylic acids is 1. The van der Waals surface area contributed by atoms with Crippen LogP contribution in [0.25, 0.3) is 0 Å². The highest BCUT2D eigenvalue weighted by atomic mass is 16.5. The molecule has 0 aliphatic heterocycles. The summed E-state index contributed by atoms with van der Waals surface area (Å²) in [5.41, 5.74) is 0.133. The van der Waals surface area contributed by atoms with Crippen molar-refractivity contribution in [2.45, 2.75) is 31.9 Å². The first-order valence-electron chi connectivity index (χ1n) is 4.38. The summed E-state index contributed by atoms with van der Waals surface area (Å²) in [5.74, 6) is -0.373. The van der Waals surface area contributed by atoms with Gasteiger partial charge >= 0.3 is 0 Å². The van der Waals surface area contributed by atoms with Gasteiger partial charge in [-0.25, -0.2) is 0 Å². The average molecular weight is 199 g/mol. The molecule has 0 radical (unpaired) electrons. The van der Waals surface area contributed by atoms with Gasteiger partial charge in [0.15, 0.2) is 5.78 Å². The standard InChI is InChI=1S/C9H13NO4/c1-5(11)9-7(10-13)3-6(14-2)4-8(9)12/h6-7,12H,3-4H2,1-2H3. The van der Waals surface area contributed by atoms with Crippen LogP contribution in [0.2, 0.25) is 0 Å². The Kier molecular flexibility index (Phi) is 3.35. The number of ketones is 1. The van der Waals surface area contributed by atoms with E-state index in [0.29, 0.717) is 6.42 Å². The van der Waals surface area contributed by atoms with E-state index in [-0.39, 0.29) is 29.6 Å². The molecular formula is C9H13NO4. The first-order valence-corrected chi connectivity index (χ1v) is 4.38. The van der Waals surface area contributed by atoms with Crippen molar-refractivity contribution in [3.8, 4) is 0 Å². The summed E-state index contributed by atoms with van der Waals surface area (Å²) in [4.78, 5) is 21.6. The Morgan fingerprint density at radius 1 is 1.64 bits per heavy atom. The molecule has 0 spiro atoms. The summed E-state index contributed by atoms with van der Waals surface area (Å²) in [7, 11) is 1.50. The lowest BCUT2D eigenvalue weighted by molar-refractivity contribution is -0.114. The molecule has 5 heteroatoms. The molecular weight excluding hydrogens is 186 g/mol. The van der Waals surface area contributed by atoms with E-state index in [1.54, 1.807) is 0 Å². The maximum Gasteiger partial charge on any atom is 0.161 e. The number of rotatable bonds is 3. The molecule has 1 aliphatic rings. The zero-order valence-corrected chi connectivity index (χ0v) is 8.19. The fourth-order valence-electron chi connectivity index (χ4n) is 1.68. The molecule has 0 saturated heterocycles. The minimum atomic E-state index is -0.772. The third kappa shape index (κ3) is 1.98. The van der Waals surface area contributed by atoms with E-state index in [2.05, 4.69) is 5.18 Å². The topological polar surface area (TPSA) is 76.0 Å². The van der Waals surface area contributed by atoms with Crippen molar-refractivity contribution in [1.82, 2.24) is 0 Å². The first kappa shape index (κ1) is 10.8. The number of ether oxygens (including phenoxy) is 1. The van der Waals surface area contributed by atoms with Gasteiger partial charge in [-0.3, -0.25) is 4.79 Å². The highest BCUT2D eigenvalue weighted by Crippen LogP contribution is 2.28. The van der Waals surface area contributed by atoms with Crippen molar-refractivity contribution in [1.29, 1.82) is 0 Å². The van der Waals surface area contributed by atoms with Gasteiger partial charge in [-0.15, -0.1) is 0 Å². The molecule has 0 aromatic carbocycles. The van der Waals surface area contributed by atoms with Crippen molar-refractivity contribution in [3.05, 3.63) is 16.2 Å². The van der Waals surface area contributed by atoms with E-state index in [0.717, 1.165) is 0 Å². The zero-order valence-electron chi connectivity index (χ0n) is 8.19. The molecule has 5 nitrogen and oxygen atoms in total. The van der Waals surface area contributed by atoms with Crippen molar-refractivity contribution in [2.24, 2.45) is 5.18 Å². The van der Waals surface area contributed by atoms with Crippen LogP contribution in [-0.2, 0) is 9.53 Å². The molecule has 2 atom stereocenters. The molecule has 0 saturated carbocycles. The maximum atomic E-state index is 11.1. The fraction of sp³-hybridized carbons (Fsp3) is 0.667. The number of Topliss-reactive ketones (excluding diaryl/α,β-unsaturated/α-hetero) is 1. The van der Waals surface area contributed by atoms with Gasteiger partial charge in [0.1, 0.15) is 11.8 Å². The highest BCUT2D eigenvalue weighted by Gasteiger charge is 2.32. The summed E-state index contributed by atoms with van der Waals surface area (Å²) < 4.78 is 5.02. The van der Waals surface area contributed by atoms with Crippen LogP contribution in [0.15, 0.2) is 16.5 Å². The number of carbonyl (C=O) groups is 1. The first-order chi connectivity index (χ1) is 6.60. The number of hydrogen-bond donors (Lipinski definition) is 1. The predicted molar refractivity (Wildman–Crippen MR) is 49.9 cm³/mol. The molecule has 1 N–H and O–H groups in total. The Morgan fingerprint density at radius 3 is 2.71 bits per heavy atom. The second kappa shape index (κ2) is 4.32. The SMILES string of the molecule is COC1CC(O)=C(C(C)=O)C(N=O)C1. The van der Waals surface area contributed by atoms with E-state index in [1.165, 1.54) is 14.0 Å². The summed E-state index contributed by atoms with van der Waals surface area (Å²) in [5, 5.41) is 12.4. The summed E-state index contributed by atoms with van der Waals surface area (Å²) in [6.07, 6.45) is 0.400. The Hall–Kier alpha value is -1.23. The number of hydrogen-bond acceptors (Lipinski definition) is 5. The van der Waals surface area contributed by atoms with Gasteiger partial charge in [-0.2, -0.15) is 4.91 Å².